The van der Waals surface area contributed by atoms with Crippen LogP contribution in [0, 0.1) is 6.92 Å². The molecule has 1 atom stereocenters. The average Bonchev–Trinajstić information content (AvgIpc) is 3.00. The zero-order chi connectivity index (χ0) is 13.8. The van der Waals surface area contributed by atoms with Gasteiger partial charge in [-0.25, -0.2) is 4.68 Å². The highest BCUT2D eigenvalue weighted by Gasteiger charge is 2.12. The number of tetrazole rings is 1. The molecule has 0 radical (unpaired) electrons. The van der Waals surface area contributed by atoms with E-state index >= 15 is 0 Å². The molecule has 1 fully saturated rings. The first-order valence-corrected chi connectivity index (χ1v) is 7.14. The van der Waals surface area contributed by atoms with E-state index in [4.69, 9.17) is 0 Å². The van der Waals surface area contributed by atoms with Gasteiger partial charge in [0, 0.05) is 18.3 Å². The van der Waals surface area contributed by atoms with E-state index in [0.717, 1.165) is 30.0 Å². The van der Waals surface area contributed by atoms with Crippen LogP contribution in [0.15, 0.2) is 24.5 Å². The van der Waals surface area contributed by atoms with E-state index in [2.05, 4.69) is 45.2 Å². The van der Waals surface area contributed by atoms with Crippen LogP contribution < -0.4 is 10.6 Å². The molecule has 2 N–H and O–H groups in total. The van der Waals surface area contributed by atoms with E-state index in [1.807, 2.05) is 6.07 Å². The van der Waals surface area contributed by atoms with Gasteiger partial charge in [0.2, 0.25) is 0 Å². The molecule has 1 aliphatic heterocycles. The molecule has 20 heavy (non-hydrogen) atoms. The van der Waals surface area contributed by atoms with Crippen molar-refractivity contribution in [1.82, 2.24) is 25.5 Å². The molecule has 0 bridgehead atoms. The van der Waals surface area contributed by atoms with Gasteiger partial charge in [-0.3, -0.25) is 0 Å². The van der Waals surface area contributed by atoms with Crippen molar-refractivity contribution in [3.05, 3.63) is 30.1 Å². The fourth-order valence-electron chi connectivity index (χ4n) is 2.63. The maximum atomic E-state index is 3.92. The predicted molar refractivity (Wildman–Crippen MR) is 78.0 cm³/mol. The second-order valence-corrected chi connectivity index (χ2v) is 5.28. The van der Waals surface area contributed by atoms with Crippen LogP contribution in [-0.2, 0) is 0 Å². The summed E-state index contributed by atoms with van der Waals surface area (Å²) < 4.78 is 1.68. The van der Waals surface area contributed by atoms with Gasteiger partial charge in [0.15, 0.2) is 0 Å². The Morgan fingerprint density at radius 1 is 1.40 bits per heavy atom. The minimum absolute atomic E-state index is 0.586. The third-order valence-corrected chi connectivity index (χ3v) is 3.76. The smallest absolute Gasteiger partial charge is 0.143 e. The topological polar surface area (TPSA) is 67.7 Å². The zero-order valence-corrected chi connectivity index (χ0v) is 11.7. The highest BCUT2D eigenvalue weighted by atomic mass is 15.5. The zero-order valence-electron chi connectivity index (χ0n) is 11.7. The molecule has 106 valence electrons. The largest absolute Gasteiger partial charge is 0.383 e. The molecule has 2 aromatic rings. The Balaban J connectivity index is 1.64. The number of rotatable bonds is 4. The molecule has 3 rings (SSSR count). The van der Waals surface area contributed by atoms with Gasteiger partial charge in [0.1, 0.15) is 6.33 Å². The Morgan fingerprint density at radius 3 is 3.05 bits per heavy atom. The van der Waals surface area contributed by atoms with Crippen LogP contribution in [0.3, 0.4) is 0 Å². The summed E-state index contributed by atoms with van der Waals surface area (Å²) in [5.41, 5.74) is 3.31. The average molecular weight is 272 g/mol. The van der Waals surface area contributed by atoms with Crippen molar-refractivity contribution < 1.29 is 0 Å². The Morgan fingerprint density at radius 2 is 2.35 bits per heavy atom. The van der Waals surface area contributed by atoms with Crippen LogP contribution >= 0.6 is 0 Å². The highest BCUT2D eigenvalue weighted by Crippen LogP contribution is 2.18. The molecule has 2 heterocycles. The maximum Gasteiger partial charge on any atom is 0.143 e. The summed E-state index contributed by atoms with van der Waals surface area (Å²) in [5, 5.41) is 18.3. The van der Waals surface area contributed by atoms with E-state index in [9.17, 15) is 0 Å². The lowest BCUT2D eigenvalue weighted by Crippen LogP contribution is -2.39. The van der Waals surface area contributed by atoms with E-state index in [-0.39, 0.29) is 0 Å². The van der Waals surface area contributed by atoms with Gasteiger partial charge >= 0.3 is 0 Å². The van der Waals surface area contributed by atoms with E-state index in [1.54, 1.807) is 11.0 Å². The molecule has 6 heteroatoms. The van der Waals surface area contributed by atoms with Gasteiger partial charge in [0.05, 0.1) is 5.69 Å². The Hall–Kier alpha value is -1.95. The van der Waals surface area contributed by atoms with E-state index in [1.165, 1.54) is 19.3 Å². The van der Waals surface area contributed by atoms with Crippen LogP contribution in [0.2, 0.25) is 0 Å². The lowest BCUT2D eigenvalue weighted by molar-refractivity contribution is 0.414. The van der Waals surface area contributed by atoms with E-state index in [0.29, 0.717) is 6.04 Å². The van der Waals surface area contributed by atoms with Crippen LogP contribution in [-0.4, -0.2) is 39.3 Å². The van der Waals surface area contributed by atoms with Crippen LogP contribution in [0.1, 0.15) is 24.8 Å². The molecule has 1 unspecified atom stereocenters. The summed E-state index contributed by atoms with van der Waals surface area (Å²) in [6.45, 7) is 4.19. The van der Waals surface area contributed by atoms with Gasteiger partial charge in [0.25, 0.3) is 0 Å². The molecule has 1 aliphatic rings. The third-order valence-electron chi connectivity index (χ3n) is 3.76. The monoisotopic (exact) mass is 272 g/mol. The SMILES string of the molecule is Cc1cc(NCC2CCCCN2)ccc1-n1cnnn1. The lowest BCUT2D eigenvalue weighted by Gasteiger charge is -2.24. The summed E-state index contributed by atoms with van der Waals surface area (Å²) in [5.74, 6) is 0. The Labute approximate surface area is 118 Å². The lowest BCUT2D eigenvalue weighted by atomic mass is 10.0. The number of piperidine rings is 1. The molecule has 0 spiro atoms. The summed E-state index contributed by atoms with van der Waals surface area (Å²) >= 11 is 0. The number of benzene rings is 1. The number of anilines is 1. The van der Waals surface area contributed by atoms with Crippen molar-refractivity contribution in [2.24, 2.45) is 0 Å². The standard InChI is InChI=1S/C14H20N6/c1-11-8-12(16-9-13-4-2-3-7-15-13)5-6-14(11)20-10-17-18-19-20/h5-6,8,10,13,15-16H,2-4,7,9H2,1H3. The molecule has 6 nitrogen and oxygen atoms in total. The number of nitrogens with zero attached hydrogens (tertiary/aromatic N) is 4. The van der Waals surface area contributed by atoms with Crippen LogP contribution in [0.4, 0.5) is 5.69 Å². The number of nitrogens with one attached hydrogen (secondary N) is 2. The Kier molecular flexibility index (Phi) is 3.92. The second-order valence-electron chi connectivity index (χ2n) is 5.28. The fourth-order valence-corrected chi connectivity index (χ4v) is 2.63. The third kappa shape index (κ3) is 2.96. The number of aryl methyl sites for hydroxylation is 1. The van der Waals surface area contributed by atoms with Crippen molar-refractivity contribution >= 4 is 5.69 Å². The predicted octanol–water partition coefficient (Wildman–Crippen LogP) is 1.52. The van der Waals surface area contributed by atoms with Gasteiger partial charge in [-0.2, -0.15) is 0 Å². The normalized spacial score (nSPS) is 18.9. The molecule has 1 aromatic carbocycles. The van der Waals surface area contributed by atoms with Crippen molar-refractivity contribution in [3.8, 4) is 5.69 Å². The molecule has 1 saturated heterocycles. The highest BCUT2D eigenvalue weighted by molar-refractivity contribution is 5.53. The number of hydrogen-bond acceptors (Lipinski definition) is 5. The molecular weight excluding hydrogens is 252 g/mol. The van der Waals surface area contributed by atoms with Crippen molar-refractivity contribution in [1.29, 1.82) is 0 Å². The molecule has 0 saturated carbocycles. The molecule has 0 aliphatic carbocycles. The minimum atomic E-state index is 0.586. The summed E-state index contributed by atoms with van der Waals surface area (Å²) in [6, 6.07) is 6.85. The van der Waals surface area contributed by atoms with Gasteiger partial charge < -0.3 is 10.6 Å². The first-order chi connectivity index (χ1) is 9.83. The molecular formula is C14H20N6. The molecule has 0 amide bonds. The quantitative estimate of drug-likeness (QED) is 0.883. The van der Waals surface area contributed by atoms with E-state index < -0.39 is 0 Å². The summed E-state index contributed by atoms with van der Waals surface area (Å²) in [6.07, 6.45) is 5.50. The summed E-state index contributed by atoms with van der Waals surface area (Å²) in [4.78, 5) is 0. The number of hydrogen-bond donors (Lipinski definition) is 2. The van der Waals surface area contributed by atoms with Crippen LogP contribution in [0.25, 0.3) is 5.69 Å². The van der Waals surface area contributed by atoms with Gasteiger partial charge in [-0.05, 0) is 60.5 Å². The van der Waals surface area contributed by atoms with Crippen molar-refractivity contribution in [2.45, 2.75) is 32.2 Å². The number of aromatic nitrogens is 4. The van der Waals surface area contributed by atoms with Gasteiger partial charge in [-0.1, -0.05) is 6.42 Å². The Bertz CT molecular complexity index is 545. The van der Waals surface area contributed by atoms with Crippen LogP contribution in [0.5, 0.6) is 0 Å². The van der Waals surface area contributed by atoms with Crippen molar-refractivity contribution in [2.75, 3.05) is 18.4 Å². The summed E-state index contributed by atoms with van der Waals surface area (Å²) in [7, 11) is 0. The first kappa shape index (κ1) is 13.1. The minimum Gasteiger partial charge on any atom is -0.383 e. The fraction of sp³-hybridized carbons (Fsp3) is 0.500. The first-order valence-electron chi connectivity index (χ1n) is 7.14. The molecule has 1 aromatic heterocycles. The van der Waals surface area contributed by atoms with Crippen molar-refractivity contribution in [3.63, 3.8) is 0 Å². The maximum absolute atomic E-state index is 3.92. The second kappa shape index (κ2) is 6.00. The van der Waals surface area contributed by atoms with Gasteiger partial charge in [-0.15, -0.1) is 5.10 Å².